The van der Waals surface area contributed by atoms with Crippen LogP contribution in [0.2, 0.25) is 0 Å². The zero-order valence-electron chi connectivity index (χ0n) is 14.6. The Bertz CT molecular complexity index is 740. The Morgan fingerprint density at radius 1 is 1.20 bits per heavy atom. The van der Waals surface area contributed by atoms with Gasteiger partial charge in [0, 0.05) is 38.0 Å². The van der Waals surface area contributed by atoms with Gasteiger partial charge in [-0.3, -0.25) is 9.59 Å². The maximum absolute atomic E-state index is 13.0. The standard InChI is InChI=1S/C20H24N2O3/c1-21-8-10-22(11-9-21)19(24)17-14-6-7-20(18(14)17)12-15(23)13-4-2-3-5-16(13)25-20/h2-5,14,17-18H,6-12H2,1H3. The second kappa shape index (κ2) is 5.31. The first kappa shape index (κ1) is 15.4. The van der Waals surface area contributed by atoms with Crippen molar-refractivity contribution in [2.24, 2.45) is 17.8 Å². The van der Waals surface area contributed by atoms with Crippen LogP contribution in [-0.4, -0.2) is 60.3 Å². The Balaban J connectivity index is 1.36. The van der Waals surface area contributed by atoms with Gasteiger partial charge in [-0.15, -0.1) is 0 Å². The zero-order valence-corrected chi connectivity index (χ0v) is 14.6. The fraction of sp³-hybridized carbons (Fsp3) is 0.600. The van der Waals surface area contributed by atoms with E-state index in [2.05, 4.69) is 11.9 Å². The Kier molecular flexibility index (Phi) is 3.26. The Labute approximate surface area is 147 Å². The van der Waals surface area contributed by atoms with Crippen LogP contribution in [0.1, 0.15) is 29.6 Å². The van der Waals surface area contributed by atoms with Gasteiger partial charge in [-0.1, -0.05) is 12.1 Å². The lowest BCUT2D eigenvalue weighted by atomic mass is 9.84. The maximum atomic E-state index is 13.0. The van der Waals surface area contributed by atoms with Crippen molar-refractivity contribution >= 4 is 11.7 Å². The molecule has 0 bridgehead atoms. The lowest BCUT2D eigenvalue weighted by Gasteiger charge is -2.38. The average Bonchev–Trinajstić information content (AvgIpc) is 3.26. The molecule has 5 rings (SSSR count). The van der Waals surface area contributed by atoms with E-state index in [1.54, 1.807) is 0 Å². The van der Waals surface area contributed by atoms with Crippen LogP contribution in [0.5, 0.6) is 5.75 Å². The van der Waals surface area contributed by atoms with E-state index in [1.807, 2.05) is 29.2 Å². The molecule has 5 nitrogen and oxygen atoms in total. The van der Waals surface area contributed by atoms with E-state index in [9.17, 15) is 9.59 Å². The summed E-state index contributed by atoms with van der Waals surface area (Å²) in [4.78, 5) is 29.9. The van der Waals surface area contributed by atoms with Crippen molar-refractivity contribution in [3.8, 4) is 5.75 Å². The molecular weight excluding hydrogens is 316 g/mol. The highest BCUT2D eigenvalue weighted by Gasteiger charge is 2.71. The molecule has 4 atom stereocenters. The summed E-state index contributed by atoms with van der Waals surface area (Å²) < 4.78 is 6.39. The predicted octanol–water partition coefficient (Wildman–Crippen LogP) is 1.82. The summed E-state index contributed by atoms with van der Waals surface area (Å²) in [5.74, 6) is 1.85. The third-order valence-corrected chi connectivity index (χ3v) is 6.74. The first-order valence-electron chi connectivity index (χ1n) is 9.38. The molecule has 1 saturated heterocycles. The number of carbonyl (C=O) groups excluding carboxylic acids is 2. The Morgan fingerprint density at radius 2 is 1.96 bits per heavy atom. The molecule has 1 aromatic carbocycles. The number of likely N-dealkylation sites (N-methyl/N-ethyl adjacent to an activating group) is 1. The third-order valence-electron chi connectivity index (χ3n) is 6.74. The number of ether oxygens (including phenoxy) is 1. The Morgan fingerprint density at radius 3 is 2.76 bits per heavy atom. The molecule has 2 heterocycles. The topological polar surface area (TPSA) is 49.9 Å². The number of piperazine rings is 1. The molecule has 1 spiro atoms. The highest BCUT2D eigenvalue weighted by atomic mass is 16.5. The minimum atomic E-state index is -0.441. The van der Waals surface area contributed by atoms with E-state index in [1.165, 1.54) is 0 Å². The molecule has 4 unspecified atom stereocenters. The molecule has 0 N–H and O–H groups in total. The average molecular weight is 340 g/mol. The second-order valence-electron chi connectivity index (χ2n) is 8.15. The molecule has 25 heavy (non-hydrogen) atoms. The first-order valence-corrected chi connectivity index (χ1v) is 9.38. The van der Waals surface area contributed by atoms with E-state index in [4.69, 9.17) is 4.74 Å². The Hall–Kier alpha value is -1.88. The van der Waals surface area contributed by atoms with Crippen LogP contribution in [0.25, 0.3) is 0 Å². The quantitative estimate of drug-likeness (QED) is 0.782. The summed E-state index contributed by atoms with van der Waals surface area (Å²) in [6.45, 7) is 3.53. The van der Waals surface area contributed by atoms with Crippen molar-refractivity contribution in [3.63, 3.8) is 0 Å². The number of nitrogens with zero attached hydrogens (tertiary/aromatic N) is 2. The molecule has 1 aromatic rings. The summed E-state index contributed by atoms with van der Waals surface area (Å²) in [5.41, 5.74) is 0.252. The summed E-state index contributed by atoms with van der Waals surface area (Å²) in [5, 5.41) is 0. The number of amides is 1. The van der Waals surface area contributed by atoms with Crippen LogP contribution in [0, 0.1) is 17.8 Å². The highest BCUT2D eigenvalue weighted by Crippen LogP contribution is 2.66. The molecular formula is C20H24N2O3. The number of hydrogen-bond donors (Lipinski definition) is 0. The number of para-hydroxylation sites is 1. The highest BCUT2D eigenvalue weighted by molar-refractivity contribution is 6.00. The van der Waals surface area contributed by atoms with Gasteiger partial charge in [0.25, 0.3) is 0 Å². The molecule has 5 heteroatoms. The molecule has 0 aromatic heterocycles. The molecule has 2 aliphatic heterocycles. The predicted molar refractivity (Wildman–Crippen MR) is 92.5 cm³/mol. The fourth-order valence-corrected chi connectivity index (χ4v) is 5.34. The fourth-order valence-electron chi connectivity index (χ4n) is 5.34. The number of carbonyl (C=O) groups is 2. The van der Waals surface area contributed by atoms with Gasteiger partial charge < -0.3 is 14.5 Å². The van der Waals surface area contributed by atoms with E-state index in [0.29, 0.717) is 23.7 Å². The number of fused-ring (bicyclic) bond motifs is 3. The van der Waals surface area contributed by atoms with Crippen molar-refractivity contribution in [1.82, 2.24) is 9.80 Å². The molecule has 132 valence electrons. The van der Waals surface area contributed by atoms with Gasteiger partial charge in [-0.2, -0.15) is 0 Å². The number of benzene rings is 1. The molecule has 3 fully saturated rings. The summed E-state index contributed by atoms with van der Waals surface area (Å²) >= 11 is 0. The van der Waals surface area contributed by atoms with Gasteiger partial charge in [-0.05, 0) is 37.9 Å². The van der Waals surface area contributed by atoms with Gasteiger partial charge in [-0.25, -0.2) is 0 Å². The summed E-state index contributed by atoms with van der Waals surface area (Å²) in [7, 11) is 2.10. The monoisotopic (exact) mass is 340 g/mol. The maximum Gasteiger partial charge on any atom is 0.226 e. The smallest absolute Gasteiger partial charge is 0.226 e. The van der Waals surface area contributed by atoms with Crippen molar-refractivity contribution in [2.75, 3.05) is 33.2 Å². The lowest BCUT2D eigenvalue weighted by molar-refractivity contribution is -0.136. The molecule has 2 saturated carbocycles. The molecule has 1 amide bonds. The number of rotatable bonds is 1. The normalized spacial score (nSPS) is 36.8. The summed E-state index contributed by atoms with van der Waals surface area (Å²) in [6, 6.07) is 7.53. The van der Waals surface area contributed by atoms with Crippen molar-refractivity contribution in [2.45, 2.75) is 24.9 Å². The van der Waals surface area contributed by atoms with Gasteiger partial charge >= 0.3 is 0 Å². The lowest BCUT2D eigenvalue weighted by Crippen LogP contribution is -2.49. The molecule has 0 radical (unpaired) electrons. The van der Waals surface area contributed by atoms with E-state index in [-0.39, 0.29) is 23.5 Å². The first-order chi connectivity index (χ1) is 12.1. The van der Waals surface area contributed by atoms with Crippen LogP contribution >= 0.6 is 0 Å². The van der Waals surface area contributed by atoms with E-state index in [0.717, 1.165) is 39.0 Å². The van der Waals surface area contributed by atoms with Gasteiger partial charge in [0.1, 0.15) is 11.4 Å². The van der Waals surface area contributed by atoms with Crippen LogP contribution in [0.4, 0.5) is 0 Å². The summed E-state index contributed by atoms with van der Waals surface area (Å²) in [6.07, 6.45) is 2.33. The van der Waals surface area contributed by atoms with Crippen molar-refractivity contribution < 1.29 is 14.3 Å². The van der Waals surface area contributed by atoms with Crippen LogP contribution in [-0.2, 0) is 4.79 Å². The van der Waals surface area contributed by atoms with Crippen molar-refractivity contribution in [3.05, 3.63) is 29.8 Å². The molecule has 2 aliphatic carbocycles. The minimum absolute atomic E-state index is 0.0650. The van der Waals surface area contributed by atoms with Crippen LogP contribution in [0.15, 0.2) is 24.3 Å². The van der Waals surface area contributed by atoms with Crippen molar-refractivity contribution in [1.29, 1.82) is 0 Å². The zero-order chi connectivity index (χ0) is 17.2. The van der Waals surface area contributed by atoms with Gasteiger partial charge in [0.05, 0.1) is 12.0 Å². The number of Topliss-reactive ketones (excluding diaryl/α,β-unsaturated/α-hetero) is 1. The van der Waals surface area contributed by atoms with Gasteiger partial charge in [0.2, 0.25) is 5.91 Å². The number of hydrogen-bond acceptors (Lipinski definition) is 4. The third kappa shape index (κ3) is 2.25. The SMILES string of the molecule is CN1CCN(C(=O)C2C3CCC4(CC(=O)c5ccccc5O4)C32)CC1. The van der Waals surface area contributed by atoms with E-state index >= 15 is 0 Å². The largest absolute Gasteiger partial charge is 0.486 e. The second-order valence-corrected chi connectivity index (χ2v) is 8.15. The molecule has 4 aliphatic rings. The van der Waals surface area contributed by atoms with Crippen LogP contribution < -0.4 is 4.74 Å². The minimum Gasteiger partial charge on any atom is -0.486 e. The van der Waals surface area contributed by atoms with E-state index < -0.39 is 5.60 Å². The van der Waals surface area contributed by atoms with Gasteiger partial charge in [0.15, 0.2) is 5.78 Å². The number of ketones is 1. The van der Waals surface area contributed by atoms with Crippen LogP contribution in [0.3, 0.4) is 0 Å².